The lowest BCUT2D eigenvalue weighted by atomic mass is 10.4. The molecular formula is C11H14N8. The van der Waals surface area contributed by atoms with E-state index in [4.69, 9.17) is 5.73 Å². The Morgan fingerprint density at radius 1 is 1.37 bits per heavy atom. The fraction of sp³-hybridized carbons (Fsp3) is 0.273. The van der Waals surface area contributed by atoms with Gasteiger partial charge in [0.15, 0.2) is 0 Å². The fourth-order valence-corrected chi connectivity index (χ4v) is 1.86. The SMILES string of the molecule is Cc1cc(NCCn2cc(N)cn2)n2ncnc2n1. The molecular weight excluding hydrogens is 244 g/mol. The van der Waals surface area contributed by atoms with E-state index in [2.05, 4.69) is 25.5 Å². The lowest BCUT2D eigenvalue weighted by molar-refractivity contribution is 0.636. The van der Waals surface area contributed by atoms with E-state index in [1.807, 2.05) is 13.0 Å². The van der Waals surface area contributed by atoms with Crippen molar-refractivity contribution < 1.29 is 0 Å². The molecule has 0 amide bonds. The van der Waals surface area contributed by atoms with Gasteiger partial charge in [0.1, 0.15) is 12.1 Å². The van der Waals surface area contributed by atoms with Gasteiger partial charge < -0.3 is 11.1 Å². The molecule has 8 nitrogen and oxygen atoms in total. The number of aromatic nitrogens is 6. The zero-order valence-electron chi connectivity index (χ0n) is 10.5. The molecule has 0 atom stereocenters. The lowest BCUT2D eigenvalue weighted by Gasteiger charge is -2.08. The molecule has 0 aliphatic carbocycles. The molecule has 3 aromatic rings. The average molecular weight is 258 g/mol. The van der Waals surface area contributed by atoms with Crippen LogP contribution in [0.5, 0.6) is 0 Å². The van der Waals surface area contributed by atoms with Crippen LogP contribution in [0.4, 0.5) is 11.5 Å². The first-order chi connectivity index (χ1) is 9.22. The Bertz CT molecular complexity index is 698. The van der Waals surface area contributed by atoms with E-state index in [-0.39, 0.29) is 0 Å². The second kappa shape index (κ2) is 4.56. The summed E-state index contributed by atoms with van der Waals surface area (Å²) >= 11 is 0. The van der Waals surface area contributed by atoms with Crippen molar-refractivity contribution in [3.05, 3.63) is 30.5 Å². The van der Waals surface area contributed by atoms with Crippen LogP contribution in [0.1, 0.15) is 5.69 Å². The van der Waals surface area contributed by atoms with E-state index >= 15 is 0 Å². The molecule has 0 aromatic carbocycles. The Kier molecular flexibility index (Phi) is 2.75. The van der Waals surface area contributed by atoms with Crippen molar-refractivity contribution in [3.63, 3.8) is 0 Å². The van der Waals surface area contributed by atoms with Crippen molar-refractivity contribution in [3.8, 4) is 0 Å². The van der Waals surface area contributed by atoms with E-state index in [0.29, 0.717) is 18.0 Å². The summed E-state index contributed by atoms with van der Waals surface area (Å²) in [7, 11) is 0. The van der Waals surface area contributed by atoms with E-state index in [0.717, 1.165) is 18.1 Å². The predicted molar refractivity (Wildman–Crippen MR) is 70.6 cm³/mol. The van der Waals surface area contributed by atoms with E-state index in [9.17, 15) is 0 Å². The number of nitrogen functional groups attached to an aromatic ring is 1. The van der Waals surface area contributed by atoms with Crippen LogP contribution in [0, 0.1) is 6.92 Å². The van der Waals surface area contributed by atoms with Gasteiger partial charge in [-0.15, -0.1) is 0 Å². The molecule has 0 fully saturated rings. The van der Waals surface area contributed by atoms with Gasteiger partial charge in [-0.1, -0.05) is 0 Å². The van der Waals surface area contributed by atoms with E-state index in [1.165, 1.54) is 6.33 Å². The van der Waals surface area contributed by atoms with Crippen LogP contribution in [0.15, 0.2) is 24.8 Å². The summed E-state index contributed by atoms with van der Waals surface area (Å²) in [4.78, 5) is 8.36. The molecule has 0 spiro atoms. The molecule has 98 valence electrons. The zero-order valence-corrected chi connectivity index (χ0v) is 10.5. The van der Waals surface area contributed by atoms with Crippen molar-refractivity contribution in [2.24, 2.45) is 0 Å². The molecule has 3 N–H and O–H groups in total. The van der Waals surface area contributed by atoms with Gasteiger partial charge in [-0.2, -0.15) is 19.7 Å². The number of anilines is 2. The first kappa shape index (κ1) is 11.5. The summed E-state index contributed by atoms with van der Waals surface area (Å²) in [6.07, 6.45) is 4.91. The summed E-state index contributed by atoms with van der Waals surface area (Å²) in [5.74, 6) is 1.45. The van der Waals surface area contributed by atoms with Gasteiger partial charge in [0.25, 0.3) is 5.78 Å². The highest BCUT2D eigenvalue weighted by atomic mass is 15.4. The van der Waals surface area contributed by atoms with Crippen molar-refractivity contribution in [1.82, 2.24) is 29.4 Å². The molecule has 19 heavy (non-hydrogen) atoms. The second-order valence-corrected chi connectivity index (χ2v) is 4.22. The number of nitrogens with two attached hydrogens (primary N) is 1. The van der Waals surface area contributed by atoms with Gasteiger partial charge in [-0.25, -0.2) is 4.98 Å². The number of aryl methyl sites for hydroxylation is 1. The number of fused-ring (bicyclic) bond motifs is 1. The number of hydrogen-bond acceptors (Lipinski definition) is 6. The van der Waals surface area contributed by atoms with Gasteiger partial charge >= 0.3 is 0 Å². The number of nitrogens with one attached hydrogen (secondary N) is 1. The first-order valence-corrected chi connectivity index (χ1v) is 5.91. The van der Waals surface area contributed by atoms with Crippen LogP contribution in [-0.2, 0) is 6.54 Å². The molecule has 0 unspecified atom stereocenters. The number of nitrogens with zero attached hydrogens (tertiary/aromatic N) is 6. The Hall–Kier alpha value is -2.64. The molecule has 0 aliphatic rings. The number of hydrogen-bond donors (Lipinski definition) is 2. The Balaban J connectivity index is 1.73. The standard InChI is InChI=1S/C11H14N8/c1-8-4-10(19-11(17-8)14-7-16-19)13-2-3-18-6-9(12)5-15-18/h4-7,13H,2-3,12H2,1H3. The third-order valence-corrected chi connectivity index (χ3v) is 2.68. The van der Waals surface area contributed by atoms with Crippen LogP contribution in [-0.4, -0.2) is 35.9 Å². The zero-order chi connectivity index (χ0) is 13.2. The molecule has 0 radical (unpaired) electrons. The van der Waals surface area contributed by atoms with Crippen LogP contribution in [0.2, 0.25) is 0 Å². The first-order valence-electron chi connectivity index (χ1n) is 5.91. The average Bonchev–Trinajstić information content (AvgIpc) is 2.98. The van der Waals surface area contributed by atoms with Gasteiger partial charge in [-0.05, 0) is 6.92 Å². The largest absolute Gasteiger partial charge is 0.396 e. The highest BCUT2D eigenvalue weighted by Crippen LogP contribution is 2.09. The van der Waals surface area contributed by atoms with Crippen molar-refractivity contribution >= 4 is 17.3 Å². The molecule has 8 heteroatoms. The normalized spacial score (nSPS) is 11.0. The van der Waals surface area contributed by atoms with E-state index < -0.39 is 0 Å². The third kappa shape index (κ3) is 2.32. The highest BCUT2D eigenvalue weighted by Gasteiger charge is 2.04. The highest BCUT2D eigenvalue weighted by molar-refractivity contribution is 5.44. The molecule has 0 bridgehead atoms. The summed E-state index contributed by atoms with van der Waals surface area (Å²) < 4.78 is 3.46. The minimum Gasteiger partial charge on any atom is -0.396 e. The van der Waals surface area contributed by atoms with Crippen LogP contribution in [0.3, 0.4) is 0 Å². The molecule has 3 rings (SSSR count). The molecule has 0 saturated heterocycles. The lowest BCUT2D eigenvalue weighted by Crippen LogP contribution is -2.13. The topological polar surface area (TPSA) is 99.0 Å². The maximum Gasteiger partial charge on any atom is 0.254 e. The maximum absolute atomic E-state index is 5.61. The van der Waals surface area contributed by atoms with Gasteiger partial charge in [-0.3, -0.25) is 4.68 Å². The Labute approximate surface area is 109 Å². The van der Waals surface area contributed by atoms with Crippen molar-refractivity contribution in [2.75, 3.05) is 17.6 Å². The van der Waals surface area contributed by atoms with Gasteiger partial charge in [0.2, 0.25) is 0 Å². The molecule has 3 aromatic heterocycles. The predicted octanol–water partition coefficient (Wildman–Crippen LogP) is 0.324. The smallest absolute Gasteiger partial charge is 0.254 e. The second-order valence-electron chi connectivity index (χ2n) is 4.22. The van der Waals surface area contributed by atoms with Crippen molar-refractivity contribution in [2.45, 2.75) is 13.5 Å². The molecule has 0 aliphatic heterocycles. The minimum absolute atomic E-state index is 0.589. The van der Waals surface area contributed by atoms with Crippen LogP contribution >= 0.6 is 0 Å². The molecule has 3 heterocycles. The van der Waals surface area contributed by atoms with Gasteiger partial charge in [0.05, 0.1) is 18.4 Å². The monoisotopic (exact) mass is 258 g/mol. The summed E-state index contributed by atoms with van der Waals surface area (Å²) in [5.41, 5.74) is 7.17. The van der Waals surface area contributed by atoms with E-state index in [1.54, 1.807) is 21.6 Å². The Morgan fingerprint density at radius 3 is 3.05 bits per heavy atom. The molecule has 0 saturated carbocycles. The van der Waals surface area contributed by atoms with Gasteiger partial charge in [0, 0.05) is 24.5 Å². The fourth-order valence-electron chi connectivity index (χ4n) is 1.86. The summed E-state index contributed by atoms with van der Waals surface area (Å²) in [5, 5.41) is 11.5. The maximum atomic E-state index is 5.61. The third-order valence-electron chi connectivity index (χ3n) is 2.68. The summed E-state index contributed by atoms with van der Waals surface area (Å²) in [6, 6.07) is 1.93. The van der Waals surface area contributed by atoms with Crippen LogP contribution in [0.25, 0.3) is 5.78 Å². The minimum atomic E-state index is 0.589. The number of rotatable bonds is 4. The summed E-state index contributed by atoms with van der Waals surface area (Å²) in [6.45, 7) is 3.35. The van der Waals surface area contributed by atoms with Crippen molar-refractivity contribution in [1.29, 1.82) is 0 Å². The van der Waals surface area contributed by atoms with Crippen LogP contribution < -0.4 is 11.1 Å². The quantitative estimate of drug-likeness (QED) is 0.699. The Morgan fingerprint density at radius 2 is 2.26 bits per heavy atom.